The van der Waals surface area contributed by atoms with Crippen LogP contribution in [0.25, 0.3) is 0 Å². The van der Waals surface area contributed by atoms with Gasteiger partial charge in [-0.2, -0.15) is 5.26 Å². The van der Waals surface area contributed by atoms with E-state index in [1.807, 2.05) is 30.3 Å². The first-order valence-electron chi connectivity index (χ1n) is 3.72. The lowest BCUT2D eigenvalue weighted by Gasteiger charge is -1.99. The molecule has 0 unspecified atom stereocenters. The van der Waals surface area contributed by atoms with E-state index < -0.39 is 0 Å². The molecule has 1 aromatic rings. The monoisotopic (exact) mass is 158 g/mol. The van der Waals surface area contributed by atoms with Gasteiger partial charge in [-0.1, -0.05) is 24.3 Å². The van der Waals surface area contributed by atoms with Crippen molar-refractivity contribution in [2.24, 2.45) is 0 Å². The zero-order chi connectivity index (χ0) is 8.81. The number of hydrogen-bond donors (Lipinski definition) is 1. The Labute approximate surface area is 71.9 Å². The van der Waals surface area contributed by atoms with E-state index in [2.05, 4.69) is 0 Å². The predicted octanol–water partition coefficient (Wildman–Crippen LogP) is 1.89. The normalized spacial score (nSPS) is 9.92. The molecule has 0 bridgehead atoms. The second-order valence-electron chi connectivity index (χ2n) is 2.43. The molecule has 0 spiro atoms. The Kier molecular flexibility index (Phi) is 2.92. The van der Waals surface area contributed by atoms with Gasteiger partial charge in [-0.3, -0.25) is 0 Å². The summed E-state index contributed by atoms with van der Waals surface area (Å²) in [6.07, 6.45) is 3.98. The van der Waals surface area contributed by atoms with Crippen LogP contribution < -0.4 is 5.73 Å². The molecule has 0 saturated carbocycles. The molecule has 0 heterocycles. The highest BCUT2D eigenvalue weighted by atomic mass is 14.5. The molecule has 0 radical (unpaired) electrons. The lowest BCUT2D eigenvalue weighted by atomic mass is 10.1. The van der Waals surface area contributed by atoms with Gasteiger partial charge in [-0.15, -0.1) is 0 Å². The number of para-hydroxylation sites is 1. The van der Waals surface area contributed by atoms with Crippen LogP contribution in [0.15, 0.2) is 36.4 Å². The summed E-state index contributed by atoms with van der Waals surface area (Å²) in [4.78, 5) is 0. The third kappa shape index (κ3) is 2.14. The maximum absolute atomic E-state index is 8.25. The van der Waals surface area contributed by atoms with Crippen LogP contribution in [-0.4, -0.2) is 0 Å². The van der Waals surface area contributed by atoms with Crippen LogP contribution in [-0.2, 0) is 6.42 Å². The van der Waals surface area contributed by atoms with Crippen molar-refractivity contribution in [2.75, 3.05) is 5.73 Å². The van der Waals surface area contributed by atoms with Crippen LogP contribution in [0.5, 0.6) is 0 Å². The highest BCUT2D eigenvalue weighted by Gasteiger charge is 1.92. The minimum Gasteiger partial charge on any atom is -0.398 e. The minimum atomic E-state index is 0.722. The van der Waals surface area contributed by atoms with E-state index in [4.69, 9.17) is 11.0 Å². The molecule has 0 aliphatic rings. The van der Waals surface area contributed by atoms with Crippen molar-refractivity contribution in [3.8, 4) is 6.07 Å². The van der Waals surface area contributed by atoms with Gasteiger partial charge in [0.1, 0.15) is 0 Å². The number of nitrogen functional groups attached to an aromatic ring is 1. The molecule has 2 N–H and O–H groups in total. The molecule has 0 aromatic heterocycles. The number of allylic oxidation sites excluding steroid dienone is 2. The molecule has 1 aromatic carbocycles. The predicted molar refractivity (Wildman–Crippen MR) is 49.3 cm³/mol. The van der Waals surface area contributed by atoms with Gasteiger partial charge in [-0.25, -0.2) is 0 Å². The first-order chi connectivity index (χ1) is 5.84. The van der Waals surface area contributed by atoms with Gasteiger partial charge in [0, 0.05) is 11.8 Å². The summed E-state index contributed by atoms with van der Waals surface area (Å²) in [7, 11) is 0. The fourth-order valence-corrected chi connectivity index (χ4v) is 0.959. The van der Waals surface area contributed by atoms with Crippen molar-refractivity contribution in [1.82, 2.24) is 0 Å². The number of rotatable bonds is 2. The van der Waals surface area contributed by atoms with Crippen molar-refractivity contribution >= 4 is 5.69 Å². The highest BCUT2D eigenvalue weighted by Crippen LogP contribution is 2.10. The van der Waals surface area contributed by atoms with Crippen LogP contribution in [0.3, 0.4) is 0 Å². The van der Waals surface area contributed by atoms with Crippen molar-refractivity contribution in [2.45, 2.75) is 6.42 Å². The standard InChI is InChI=1S/C10H10N2/c11-8-4-3-6-9-5-1-2-7-10(9)12/h1-5,7H,6,12H2. The molecule has 12 heavy (non-hydrogen) atoms. The maximum atomic E-state index is 8.25. The molecule has 0 amide bonds. The van der Waals surface area contributed by atoms with Gasteiger partial charge in [-0.05, 0) is 18.1 Å². The molecule has 2 heteroatoms. The Morgan fingerprint density at radius 1 is 1.42 bits per heavy atom. The van der Waals surface area contributed by atoms with Gasteiger partial charge in [0.05, 0.1) is 6.07 Å². The summed E-state index contributed by atoms with van der Waals surface area (Å²) >= 11 is 0. The molecular formula is C10H10N2. The van der Waals surface area contributed by atoms with E-state index >= 15 is 0 Å². The van der Waals surface area contributed by atoms with Gasteiger partial charge in [0.2, 0.25) is 0 Å². The zero-order valence-corrected chi connectivity index (χ0v) is 6.70. The van der Waals surface area contributed by atoms with Gasteiger partial charge in [0.25, 0.3) is 0 Å². The van der Waals surface area contributed by atoms with E-state index in [0.29, 0.717) is 0 Å². The Balaban J connectivity index is 2.71. The number of benzene rings is 1. The molecule has 0 fully saturated rings. The lowest BCUT2D eigenvalue weighted by Crippen LogP contribution is -1.91. The second kappa shape index (κ2) is 4.20. The second-order valence-corrected chi connectivity index (χ2v) is 2.43. The van der Waals surface area contributed by atoms with E-state index in [-0.39, 0.29) is 0 Å². The van der Waals surface area contributed by atoms with Gasteiger partial charge in [0.15, 0.2) is 0 Å². The maximum Gasteiger partial charge on any atom is 0.0908 e. The molecule has 60 valence electrons. The smallest absolute Gasteiger partial charge is 0.0908 e. The van der Waals surface area contributed by atoms with Gasteiger partial charge < -0.3 is 5.73 Å². The summed E-state index contributed by atoms with van der Waals surface area (Å²) in [5.74, 6) is 0. The third-order valence-electron chi connectivity index (χ3n) is 1.59. The molecule has 0 atom stereocenters. The Morgan fingerprint density at radius 3 is 2.83 bits per heavy atom. The van der Waals surface area contributed by atoms with E-state index in [1.165, 1.54) is 6.08 Å². The summed E-state index contributed by atoms with van der Waals surface area (Å²) in [5, 5.41) is 8.25. The number of nitrogens with two attached hydrogens (primary N) is 1. The highest BCUT2D eigenvalue weighted by molar-refractivity contribution is 5.47. The lowest BCUT2D eigenvalue weighted by molar-refractivity contribution is 1.27. The summed E-state index contributed by atoms with van der Waals surface area (Å²) < 4.78 is 0. The third-order valence-corrected chi connectivity index (χ3v) is 1.59. The minimum absolute atomic E-state index is 0.722. The summed E-state index contributed by atoms with van der Waals surface area (Å²) in [6, 6.07) is 9.58. The van der Waals surface area contributed by atoms with E-state index in [0.717, 1.165) is 17.7 Å². The van der Waals surface area contributed by atoms with Crippen LogP contribution in [0.2, 0.25) is 0 Å². The summed E-state index contributed by atoms with van der Waals surface area (Å²) in [6.45, 7) is 0. The molecule has 1 rings (SSSR count). The van der Waals surface area contributed by atoms with Crippen molar-refractivity contribution in [3.63, 3.8) is 0 Å². The quantitative estimate of drug-likeness (QED) is 0.527. The van der Waals surface area contributed by atoms with E-state index in [9.17, 15) is 0 Å². The average Bonchev–Trinajstić information content (AvgIpc) is 2.09. The van der Waals surface area contributed by atoms with Crippen molar-refractivity contribution in [1.29, 1.82) is 5.26 Å². The van der Waals surface area contributed by atoms with Crippen LogP contribution in [0.1, 0.15) is 5.56 Å². The molecule has 0 aliphatic carbocycles. The Bertz CT molecular complexity index is 321. The van der Waals surface area contributed by atoms with E-state index in [1.54, 1.807) is 6.08 Å². The van der Waals surface area contributed by atoms with Crippen molar-refractivity contribution in [3.05, 3.63) is 42.0 Å². The molecule has 0 aliphatic heterocycles. The summed E-state index contributed by atoms with van der Waals surface area (Å²) in [5.41, 5.74) is 7.52. The van der Waals surface area contributed by atoms with Crippen LogP contribution in [0, 0.1) is 11.3 Å². The average molecular weight is 158 g/mol. The van der Waals surface area contributed by atoms with Gasteiger partial charge >= 0.3 is 0 Å². The number of nitriles is 1. The Hall–Kier alpha value is -1.75. The number of hydrogen-bond acceptors (Lipinski definition) is 2. The SMILES string of the molecule is N#CC=CCc1ccccc1N. The number of nitrogens with zero attached hydrogens (tertiary/aromatic N) is 1. The van der Waals surface area contributed by atoms with Crippen molar-refractivity contribution < 1.29 is 0 Å². The van der Waals surface area contributed by atoms with Crippen LogP contribution in [0.4, 0.5) is 5.69 Å². The number of anilines is 1. The van der Waals surface area contributed by atoms with Crippen LogP contribution >= 0.6 is 0 Å². The first kappa shape index (κ1) is 8.35. The fraction of sp³-hybridized carbons (Fsp3) is 0.100. The molecule has 0 saturated heterocycles. The topological polar surface area (TPSA) is 49.8 Å². The molecule has 2 nitrogen and oxygen atoms in total. The largest absolute Gasteiger partial charge is 0.398 e. The Morgan fingerprint density at radius 2 is 2.17 bits per heavy atom. The first-order valence-corrected chi connectivity index (χ1v) is 3.72. The zero-order valence-electron chi connectivity index (χ0n) is 6.70. The fourth-order valence-electron chi connectivity index (χ4n) is 0.959. The molecular weight excluding hydrogens is 148 g/mol.